The molecule has 7 nitrogen and oxygen atoms in total. The van der Waals surface area contributed by atoms with E-state index >= 15 is 0 Å². The third kappa shape index (κ3) is 5.57. The highest BCUT2D eigenvalue weighted by molar-refractivity contribution is 5.99. The van der Waals surface area contributed by atoms with E-state index in [0.29, 0.717) is 12.3 Å². The lowest BCUT2D eigenvalue weighted by molar-refractivity contribution is -0.126. The third-order valence-corrected chi connectivity index (χ3v) is 3.75. The van der Waals surface area contributed by atoms with Crippen molar-refractivity contribution >= 4 is 23.5 Å². The molecule has 0 saturated heterocycles. The molecule has 2 aromatic carbocycles. The van der Waals surface area contributed by atoms with Crippen molar-refractivity contribution in [1.82, 2.24) is 0 Å². The number of hydrogen-bond donors (Lipinski definition) is 1. The van der Waals surface area contributed by atoms with Gasteiger partial charge < -0.3 is 20.1 Å². The molecular weight excluding hydrogens is 348 g/mol. The fourth-order valence-corrected chi connectivity index (χ4v) is 2.41. The van der Waals surface area contributed by atoms with Crippen molar-refractivity contribution in [3.63, 3.8) is 0 Å². The molecule has 0 unspecified atom stereocenters. The van der Waals surface area contributed by atoms with Crippen LogP contribution in [-0.4, -0.2) is 37.0 Å². The molecule has 7 heteroatoms. The molecule has 0 saturated carbocycles. The highest BCUT2D eigenvalue weighted by atomic mass is 16.5. The molecule has 0 fully saturated rings. The summed E-state index contributed by atoms with van der Waals surface area (Å²) in [7, 11) is 0. The van der Waals surface area contributed by atoms with Crippen molar-refractivity contribution in [2.45, 2.75) is 20.0 Å². The Morgan fingerprint density at radius 1 is 1.04 bits per heavy atom. The maximum absolute atomic E-state index is 12.6. The first kappa shape index (κ1) is 20.0. The molecule has 2 aromatic rings. The quantitative estimate of drug-likeness (QED) is 0.718. The van der Waals surface area contributed by atoms with Crippen LogP contribution < -0.4 is 15.4 Å². The van der Waals surface area contributed by atoms with Crippen molar-refractivity contribution in [1.29, 1.82) is 0 Å². The van der Waals surface area contributed by atoms with Crippen LogP contribution in [0, 0.1) is 0 Å². The van der Waals surface area contributed by atoms with Crippen LogP contribution in [0.5, 0.6) is 5.75 Å². The number of rotatable bonds is 8. The number of carbonyl (C=O) groups is 3. The van der Waals surface area contributed by atoms with E-state index in [4.69, 9.17) is 15.2 Å². The summed E-state index contributed by atoms with van der Waals surface area (Å²) in [6.45, 7) is 3.60. The zero-order valence-corrected chi connectivity index (χ0v) is 15.3. The van der Waals surface area contributed by atoms with Crippen LogP contribution >= 0.6 is 0 Å². The molecule has 2 amide bonds. The summed E-state index contributed by atoms with van der Waals surface area (Å²) in [5, 5.41) is 0. The molecule has 0 aliphatic heterocycles. The highest BCUT2D eigenvalue weighted by Crippen LogP contribution is 2.17. The lowest BCUT2D eigenvalue weighted by atomic mass is 10.2. The number of hydrogen-bond acceptors (Lipinski definition) is 5. The van der Waals surface area contributed by atoms with Gasteiger partial charge in [0.15, 0.2) is 12.7 Å². The Hall–Kier alpha value is -3.35. The van der Waals surface area contributed by atoms with Gasteiger partial charge in [-0.05, 0) is 50.2 Å². The van der Waals surface area contributed by atoms with Gasteiger partial charge in [0.2, 0.25) is 0 Å². The molecule has 2 N–H and O–H groups in total. The number of benzene rings is 2. The number of ether oxygens (including phenoxy) is 2. The maximum atomic E-state index is 12.6. The summed E-state index contributed by atoms with van der Waals surface area (Å²) in [4.78, 5) is 37.2. The predicted molar refractivity (Wildman–Crippen MR) is 100 cm³/mol. The highest BCUT2D eigenvalue weighted by Gasteiger charge is 2.24. The number of esters is 1. The first-order chi connectivity index (χ1) is 12.9. The molecule has 0 aliphatic carbocycles. The average molecular weight is 370 g/mol. The Morgan fingerprint density at radius 3 is 2.22 bits per heavy atom. The summed E-state index contributed by atoms with van der Waals surface area (Å²) in [5.41, 5.74) is 6.01. The van der Waals surface area contributed by atoms with Gasteiger partial charge in [0.05, 0.1) is 5.56 Å². The van der Waals surface area contributed by atoms with E-state index in [9.17, 15) is 14.4 Å². The van der Waals surface area contributed by atoms with Gasteiger partial charge in [-0.3, -0.25) is 9.59 Å². The van der Waals surface area contributed by atoms with Crippen LogP contribution in [0.2, 0.25) is 0 Å². The zero-order valence-electron chi connectivity index (χ0n) is 15.3. The number of anilines is 1. The Kier molecular flexibility index (Phi) is 6.93. The summed E-state index contributed by atoms with van der Waals surface area (Å²) >= 11 is 0. The summed E-state index contributed by atoms with van der Waals surface area (Å²) < 4.78 is 10.4. The second-order valence-corrected chi connectivity index (χ2v) is 5.74. The van der Waals surface area contributed by atoms with Crippen LogP contribution in [0.4, 0.5) is 5.69 Å². The molecule has 1 atom stereocenters. The molecule has 27 heavy (non-hydrogen) atoms. The summed E-state index contributed by atoms with van der Waals surface area (Å²) in [5.74, 6) is -1.12. The Morgan fingerprint density at radius 2 is 1.67 bits per heavy atom. The zero-order chi connectivity index (χ0) is 19.8. The monoisotopic (exact) mass is 370 g/mol. The van der Waals surface area contributed by atoms with Gasteiger partial charge in [-0.25, -0.2) is 4.79 Å². The van der Waals surface area contributed by atoms with Gasteiger partial charge in [-0.1, -0.05) is 18.2 Å². The van der Waals surface area contributed by atoms with E-state index in [1.165, 1.54) is 31.2 Å². The van der Waals surface area contributed by atoms with Crippen LogP contribution in [0.3, 0.4) is 0 Å². The van der Waals surface area contributed by atoms with Gasteiger partial charge >= 0.3 is 5.97 Å². The van der Waals surface area contributed by atoms with Crippen LogP contribution in [-0.2, 0) is 14.3 Å². The Labute approximate surface area is 157 Å². The average Bonchev–Trinajstić information content (AvgIpc) is 2.68. The molecule has 142 valence electrons. The Balaban J connectivity index is 1.99. The second-order valence-electron chi connectivity index (χ2n) is 5.74. The normalized spacial score (nSPS) is 11.3. The summed E-state index contributed by atoms with van der Waals surface area (Å²) in [6.07, 6.45) is -0.941. The van der Waals surface area contributed by atoms with Gasteiger partial charge in [0.1, 0.15) is 5.75 Å². The topological polar surface area (TPSA) is 98.9 Å². The largest absolute Gasteiger partial charge is 0.484 e. The first-order valence-electron chi connectivity index (χ1n) is 8.51. The van der Waals surface area contributed by atoms with Crippen molar-refractivity contribution < 1.29 is 23.9 Å². The third-order valence-electron chi connectivity index (χ3n) is 3.75. The number of carbonyl (C=O) groups excluding carboxylic acids is 3. The summed E-state index contributed by atoms with van der Waals surface area (Å²) in [6, 6.07) is 15.2. The minimum absolute atomic E-state index is 0.248. The molecule has 0 aliphatic rings. The van der Waals surface area contributed by atoms with Gasteiger partial charge in [0.25, 0.3) is 11.8 Å². The molecule has 0 radical (unpaired) electrons. The molecule has 0 aromatic heterocycles. The van der Waals surface area contributed by atoms with Crippen LogP contribution in [0.15, 0.2) is 54.6 Å². The predicted octanol–water partition coefficient (Wildman–Crippen LogP) is 2.15. The van der Waals surface area contributed by atoms with Gasteiger partial charge in [0, 0.05) is 12.2 Å². The molecule has 2 rings (SSSR count). The number of nitrogens with two attached hydrogens (primary N) is 1. The number of para-hydroxylation sites is 1. The van der Waals surface area contributed by atoms with Crippen LogP contribution in [0.25, 0.3) is 0 Å². The molecule has 0 heterocycles. The van der Waals surface area contributed by atoms with E-state index in [-0.39, 0.29) is 18.1 Å². The standard InChI is InChI=1S/C20H22N2O5/c1-3-22(16-7-5-4-6-8-16)19(24)14(2)27-20(25)15-9-11-17(12-10-15)26-13-18(21)23/h4-12,14H,3,13H2,1-2H3,(H2,21,23)/t14-/m1/s1. The molecular formula is C20H22N2O5. The smallest absolute Gasteiger partial charge is 0.338 e. The Bertz CT molecular complexity index is 790. The van der Waals surface area contributed by atoms with Crippen molar-refractivity contribution in [3.05, 3.63) is 60.2 Å². The van der Waals surface area contributed by atoms with Crippen LogP contribution in [0.1, 0.15) is 24.2 Å². The minimum atomic E-state index is -0.941. The molecule has 0 bridgehead atoms. The number of amides is 2. The van der Waals surface area contributed by atoms with E-state index in [0.717, 1.165) is 5.69 Å². The van der Waals surface area contributed by atoms with Crippen molar-refractivity contribution in [2.24, 2.45) is 5.73 Å². The van der Waals surface area contributed by atoms with Gasteiger partial charge in [-0.15, -0.1) is 0 Å². The lowest BCUT2D eigenvalue weighted by Gasteiger charge is -2.24. The van der Waals surface area contributed by atoms with Gasteiger partial charge in [-0.2, -0.15) is 0 Å². The fourth-order valence-electron chi connectivity index (χ4n) is 2.41. The van der Waals surface area contributed by atoms with E-state index < -0.39 is 18.0 Å². The SMILES string of the molecule is CCN(C(=O)[C@@H](C)OC(=O)c1ccc(OCC(N)=O)cc1)c1ccccc1. The van der Waals surface area contributed by atoms with E-state index in [1.54, 1.807) is 4.90 Å². The number of nitrogens with zero attached hydrogens (tertiary/aromatic N) is 1. The van der Waals surface area contributed by atoms with Crippen molar-refractivity contribution in [3.8, 4) is 5.75 Å². The van der Waals surface area contributed by atoms with Crippen molar-refractivity contribution in [2.75, 3.05) is 18.1 Å². The van der Waals surface area contributed by atoms with E-state index in [2.05, 4.69) is 0 Å². The second kappa shape index (κ2) is 9.38. The number of primary amides is 1. The molecule has 0 spiro atoms. The van der Waals surface area contributed by atoms with E-state index in [1.807, 2.05) is 37.3 Å². The number of likely N-dealkylation sites (N-methyl/N-ethyl adjacent to an activating group) is 1. The fraction of sp³-hybridized carbons (Fsp3) is 0.250. The lowest BCUT2D eigenvalue weighted by Crippen LogP contribution is -2.40. The first-order valence-corrected chi connectivity index (χ1v) is 8.51. The minimum Gasteiger partial charge on any atom is -0.484 e. The maximum Gasteiger partial charge on any atom is 0.338 e.